The van der Waals surface area contributed by atoms with Crippen molar-refractivity contribution in [3.05, 3.63) is 70.7 Å². The summed E-state index contributed by atoms with van der Waals surface area (Å²) in [6.07, 6.45) is 0. The third kappa shape index (κ3) is 6.43. The normalized spacial score (nSPS) is 12.4. The summed E-state index contributed by atoms with van der Waals surface area (Å²) in [5, 5.41) is 12.8. The van der Waals surface area contributed by atoms with Crippen LogP contribution in [0, 0.1) is 0 Å². The molecule has 0 aliphatic rings. The first-order valence-electron chi connectivity index (χ1n) is 9.07. The Morgan fingerprint density at radius 1 is 1.07 bits per heavy atom. The number of sulfonamides is 1. The molecule has 3 rings (SSSR count). The Bertz CT molecular complexity index is 1100. The molecule has 1 heterocycles. The summed E-state index contributed by atoms with van der Waals surface area (Å²) >= 11 is 4.68. The van der Waals surface area contributed by atoms with Crippen LogP contribution in [0.2, 0.25) is 0 Å². The number of rotatable bonds is 9. The van der Waals surface area contributed by atoms with Crippen molar-refractivity contribution >= 4 is 49.4 Å². The number of hydrogen-bond donors (Lipinski definition) is 3. The minimum absolute atomic E-state index is 0.0877. The van der Waals surface area contributed by atoms with Crippen LogP contribution in [-0.2, 0) is 15.8 Å². The zero-order chi connectivity index (χ0) is 21.6. The van der Waals surface area contributed by atoms with Crippen LogP contribution in [0.4, 0.5) is 11.6 Å². The molecule has 1 atom stereocenters. The molecule has 7 nitrogen and oxygen atoms in total. The number of anilines is 2. The Labute approximate surface area is 188 Å². The molecule has 0 bridgehead atoms. The van der Waals surface area contributed by atoms with Crippen molar-refractivity contribution in [3.8, 4) is 0 Å². The highest BCUT2D eigenvalue weighted by Gasteiger charge is 2.17. The second kappa shape index (κ2) is 10.3. The fourth-order valence-electron chi connectivity index (χ4n) is 2.47. The minimum atomic E-state index is -3.83. The van der Waals surface area contributed by atoms with Crippen LogP contribution in [0.1, 0.15) is 12.5 Å². The van der Waals surface area contributed by atoms with E-state index in [1.807, 2.05) is 30.3 Å². The summed E-state index contributed by atoms with van der Waals surface area (Å²) in [7, 11) is -3.83. The summed E-state index contributed by atoms with van der Waals surface area (Å²) in [6, 6.07) is 17.5. The number of halogens is 1. The zero-order valence-electron chi connectivity index (χ0n) is 16.1. The molecule has 0 aliphatic heterocycles. The average Bonchev–Trinajstić information content (AvgIpc) is 2.72. The van der Waals surface area contributed by atoms with Crippen molar-refractivity contribution in [2.45, 2.75) is 28.8 Å². The lowest BCUT2D eigenvalue weighted by Crippen LogP contribution is -2.21. The van der Waals surface area contributed by atoms with Crippen LogP contribution in [0.25, 0.3) is 0 Å². The van der Waals surface area contributed by atoms with E-state index in [1.54, 1.807) is 19.1 Å². The van der Waals surface area contributed by atoms with E-state index in [4.69, 9.17) is 0 Å². The number of hydrogen-bond acceptors (Lipinski definition) is 7. The molecular weight excluding hydrogens is 488 g/mol. The number of benzene rings is 2. The van der Waals surface area contributed by atoms with Crippen LogP contribution in [0.5, 0.6) is 0 Å². The van der Waals surface area contributed by atoms with Crippen LogP contribution in [-0.4, -0.2) is 36.1 Å². The molecule has 0 aliphatic carbocycles. The Morgan fingerprint density at radius 3 is 2.50 bits per heavy atom. The lowest BCUT2D eigenvalue weighted by Gasteiger charge is -2.14. The lowest BCUT2D eigenvalue weighted by atomic mass is 10.2. The van der Waals surface area contributed by atoms with E-state index in [2.05, 4.69) is 35.9 Å². The predicted octanol–water partition coefficient (Wildman–Crippen LogP) is 4.12. The maximum Gasteiger partial charge on any atom is 0.263 e. The maximum absolute atomic E-state index is 12.8. The van der Waals surface area contributed by atoms with E-state index < -0.39 is 10.0 Å². The van der Waals surface area contributed by atoms with E-state index in [1.165, 1.54) is 30.0 Å². The maximum atomic E-state index is 12.8. The van der Waals surface area contributed by atoms with Gasteiger partial charge in [-0.25, -0.2) is 18.4 Å². The molecule has 0 spiro atoms. The average molecular weight is 509 g/mol. The van der Waals surface area contributed by atoms with Crippen molar-refractivity contribution in [1.82, 2.24) is 9.97 Å². The molecule has 0 radical (unpaired) electrons. The molecule has 0 saturated heterocycles. The highest BCUT2D eigenvalue weighted by atomic mass is 79.9. The number of thioether (sulfide) groups is 1. The number of aromatic nitrogens is 2. The summed E-state index contributed by atoms with van der Waals surface area (Å²) in [5.41, 5.74) is 1.10. The van der Waals surface area contributed by atoms with E-state index in [-0.39, 0.29) is 23.4 Å². The van der Waals surface area contributed by atoms with Gasteiger partial charge < -0.3 is 10.4 Å². The van der Waals surface area contributed by atoms with Crippen LogP contribution in [0.15, 0.2) is 75.2 Å². The Kier molecular flexibility index (Phi) is 7.70. The Balaban J connectivity index is 1.87. The molecule has 10 heteroatoms. The van der Waals surface area contributed by atoms with Gasteiger partial charge in [-0.3, -0.25) is 4.72 Å². The summed E-state index contributed by atoms with van der Waals surface area (Å²) in [5.74, 6) is 1.21. The first-order valence-corrected chi connectivity index (χ1v) is 12.3. The third-order valence-electron chi connectivity index (χ3n) is 3.93. The van der Waals surface area contributed by atoms with Crippen molar-refractivity contribution in [1.29, 1.82) is 0 Å². The molecule has 2 aromatic carbocycles. The van der Waals surface area contributed by atoms with Gasteiger partial charge in [0.2, 0.25) is 0 Å². The number of aliphatic hydroxyl groups is 1. The molecule has 3 N–H and O–H groups in total. The topological polar surface area (TPSA) is 104 Å². The standard InChI is InChI=1S/C20H21BrN4O3S2/c1-14(12-26)22-18-11-19(25-30(27,28)17-9-5-8-16(21)10-17)24-20(23-18)29-13-15-6-3-2-4-7-15/h2-11,14,26H,12-13H2,1H3,(H2,22,23,24,25)/t14-/m1/s1. The van der Waals surface area contributed by atoms with Gasteiger partial charge in [0.25, 0.3) is 10.0 Å². The largest absolute Gasteiger partial charge is 0.394 e. The van der Waals surface area contributed by atoms with Crippen molar-refractivity contribution in [2.75, 3.05) is 16.6 Å². The number of nitrogens with one attached hydrogen (secondary N) is 2. The summed E-state index contributed by atoms with van der Waals surface area (Å²) < 4.78 is 28.7. The summed E-state index contributed by atoms with van der Waals surface area (Å²) in [6.45, 7) is 1.71. The fraction of sp³-hybridized carbons (Fsp3) is 0.200. The monoisotopic (exact) mass is 508 g/mol. The zero-order valence-corrected chi connectivity index (χ0v) is 19.3. The van der Waals surface area contributed by atoms with Gasteiger partial charge >= 0.3 is 0 Å². The highest BCUT2D eigenvalue weighted by Crippen LogP contribution is 2.25. The van der Waals surface area contributed by atoms with Gasteiger partial charge in [-0.05, 0) is 30.7 Å². The van der Waals surface area contributed by atoms with Crippen molar-refractivity contribution in [2.24, 2.45) is 0 Å². The van der Waals surface area contributed by atoms with Crippen LogP contribution < -0.4 is 10.0 Å². The molecule has 158 valence electrons. The molecule has 0 fully saturated rings. The van der Waals surface area contributed by atoms with Gasteiger partial charge in [0.15, 0.2) is 5.16 Å². The lowest BCUT2D eigenvalue weighted by molar-refractivity contribution is 0.281. The first kappa shape index (κ1) is 22.5. The molecule has 0 unspecified atom stereocenters. The molecule has 3 aromatic rings. The highest BCUT2D eigenvalue weighted by molar-refractivity contribution is 9.10. The quantitative estimate of drug-likeness (QED) is 0.294. The smallest absolute Gasteiger partial charge is 0.263 e. The van der Waals surface area contributed by atoms with E-state index in [9.17, 15) is 13.5 Å². The molecule has 0 amide bonds. The second-order valence-corrected chi connectivity index (χ2v) is 10.0. The van der Waals surface area contributed by atoms with Gasteiger partial charge in [0, 0.05) is 22.3 Å². The Hall–Kier alpha value is -2.14. The molecule has 1 aromatic heterocycles. The third-order valence-corrected chi connectivity index (χ3v) is 6.69. The SMILES string of the molecule is C[C@H](CO)Nc1cc(NS(=O)(=O)c2cccc(Br)c2)nc(SCc2ccccc2)n1. The van der Waals surface area contributed by atoms with E-state index in [0.29, 0.717) is 21.2 Å². The van der Waals surface area contributed by atoms with Gasteiger partial charge in [0.1, 0.15) is 11.6 Å². The molecule has 0 saturated carbocycles. The predicted molar refractivity (Wildman–Crippen MR) is 123 cm³/mol. The van der Waals surface area contributed by atoms with Gasteiger partial charge in [-0.15, -0.1) is 0 Å². The van der Waals surface area contributed by atoms with E-state index >= 15 is 0 Å². The second-order valence-electron chi connectivity index (χ2n) is 6.49. The van der Waals surface area contributed by atoms with Crippen molar-refractivity contribution < 1.29 is 13.5 Å². The molecule has 30 heavy (non-hydrogen) atoms. The number of nitrogens with zero attached hydrogens (tertiary/aromatic N) is 2. The van der Waals surface area contributed by atoms with Gasteiger partial charge in [0.05, 0.1) is 11.5 Å². The minimum Gasteiger partial charge on any atom is -0.394 e. The fourth-order valence-corrected chi connectivity index (χ4v) is 4.87. The first-order chi connectivity index (χ1) is 14.4. The Morgan fingerprint density at radius 2 is 1.80 bits per heavy atom. The van der Waals surface area contributed by atoms with Crippen molar-refractivity contribution in [3.63, 3.8) is 0 Å². The number of aliphatic hydroxyl groups excluding tert-OH is 1. The van der Waals surface area contributed by atoms with Crippen LogP contribution in [0.3, 0.4) is 0 Å². The summed E-state index contributed by atoms with van der Waals surface area (Å²) in [4.78, 5) is 8.92. The van der Waals surface area contributed by atoms with E-state index in [0.717, 1.165) is 5.56 Å². The van der Waals surface area contributed by atoms with Gasteiger partial charge in [-0.1, -0.05) is 64.1 Å². The molecular formula is C20H21BrN4O3S2. The van der Waals surface area contributed by atoms with Crippen LogP contribution >= 0.6 is 27.7 Å². The van der Waals surface area contributed by atoms with Gasteiger partial charge in [-0.2, -0.15) is 0 Å².